The molecular formula is C15H9Cl2N3O3. The molecule has 0 atom stereocenters. The highest BCUT2D eigenvalue weighted by Gasteiger charge is 2.06. The lowest BCUT2D eigenvalue weighted by Crippen LogP contribution is -2.30. The molecule has 2 aromatic carbocycles. The number of aromatic amines is 1. The standard InChI is InChI=1S/C15H9Cl2N3O3/c16-9-1-6-13(12(17)7-9)23-11-4-2-10(3-5-11)20-15(22)19-14(21)8-18-20/h1-8H,(H,19,21,22). The van der Waals surface area contributed by atoms with Crippen LogP contribution in [0.25, 0.3) is 5.69 Å². The highest BCUT2D eigenvalue weighted by atomic mass is 35.5. The Bertz CT molecular complexity index is 965. The van der Waals surface area contributed by atoms with Crippen LogP contribution in [0.5, 0.6) is 11.5 Å². The highest BCUT2D eigenvalue weighted by Crippen LogP contribution is 2.31. The average Bonchev–Trinajstić information content (AvgIpc) is 2.51. The molecule has 23 heavy (non-hydrogen) atoms. The second-order valence-corrected chi connectivity index (χ2v) is 5.37. The van der Waals surface area contributed by atoms with Gasteiger partial charge in [0.05, 0.1) is 10.7 Å². The van der Waals surface area contributed by atoms with Crippen molar-refractivity contribution in [2.45, 2.75) is 0 Å². The molecular weight excluding hydrogens is 341 g/mol. The molecule has 116 valence electrons. The van der Waals surface area contributed by atoms with E-state index in [0.717, 1.165) is 10.9 Å². The summed E-state index contributed by atoms with van der Waals surface area (Å²) in [5, 5.41) is 4.67. The maximum Gasteiger partial charge on any atom is 0.349 e. The van der Waals surface area contributed by atoms with Crippen molar-refractivity contribution in [3.63, 3.8) is 0 Å². The minimum atomic E-state index is -0.619. The quantitative estimate of drug-likeness (QED) is 0.788. The number of halogens is 2. The molecule has 3 aromatic rings. The number of rotatable bonds is 3. The molecule has 6 nitrogen and oxygen atoms in total. The van der Waals surface area contributed by atoms with Gasteiger partial charge in [0.15, 0.2) is 0 Å². The number of nitrogens with zero attached hydrogens (tertiary/aromatic N) is 2. The Morgan fingerprint density at radius 1 is 1.04 bits per heavy atom. The topological polar surface area (TPSA) is 77.0 Å². The van der Waals surface area contributed by atoms with Gasteiger partial charge in [0.1, 0.15) is 17.7 Å². The number of benzene rings is 2. The van der Waals surface area contributed by atoms with Gasteiger partial charge in [0, 0.05) is 5.02 Å². The first-order valence-electron chi connectivity index (χ1n) is 6.45. The first-order valence-corrected chi connectivity index (χ1v) is 7.20. The summed E-state index contributed by atoms with van der Waals surface area (Å²) in [6, 6.07) is 11.5. The molecule has 8 heteroatoms. The summed E-state index contributed by atoms with van der Waals surface area (Å²) in [6.45, 7) is 0. The van der Waals surface area contributed by atoms with E-state index in [9.17, 15) is 9.59 Å². The van der Waals surface area contributed by atoms with Gasteiger partial charge in [0.2, 0.25) is 0 Å². The molecule has 0 bridgehead atoms. The van der Waals surface area contributed by atoms with Crippen molar-refractivity contribution < 1.29 is 4.74 Å². The molecule has 0 saturated heterocycles. The van der Waals surface area contributed by atoms with Crippen molar-refractivity contribution in [2.75, 3.05) is 0 Å². The zero-order valence-corrected chi connectivity index (χ0v) is 13.0. The molecule has 0 fully saturated rings. The number of H-pyrrole nitrogens is 1. The number of ether oxygens (including phenoxy) is 1. The fourth-order valence-electron chi connectivity index (χ4n) is 1.88. The molecule has 0 unspecified atom stereocenters. The van der Waals surface area contributed by atoms with Gasteiger partial charge in [0.25, 0.3) is 5.56 Å². The van der Waals surface area contributed by atoms with Crippen LogP contribution in [0.2, 0.25) is 10.0 Å². The smallest absolute Gasteiger partial charge is 0.349 e. The van der Waals surface area contributed by atoms with Gasteiger partial charge < -0.3 is 4.74 Å². The molecule has 3 rings (SSSR count). The summed E-state index contributed by atoms with van der Waals surface area (Å²) in [7, 11) is 0. The summed E-state index contributed by atoms with van der Waals surface area (Å²) in [4.78, 5) is 24.8. The van der Waals surface area contributed by atoms with E-state index in [1.165, 1.54) is 0 Å². The molecule has 0 aliphatic rings. The van der Waals surface area contributed by atoms with Gasteiger partial charge in [-0.3, -0.25) is 9.78 Å². The monoisotopic (exact) mass is 349 g/mol. The van der Waals surface area contributed by atoms with E-state index < -0.39 is 11.2 Å². The van der Waals surface area contributed by atoms with Crippen LogP contribution in [0.4, 0.5) is 0 Å². The van der Waals surface area contributed by atoms with E-state index in [1.807, 2.05) is 0 Å². The molecule has 0 spiro atoms. The third-order valence-corrected chi connectivity index (χ3v) is 3.45. The zero-order chi connectivity index (χ0) is 16.4. The van der Waals surface area contributed by atoms with Gasteiger partial charge in [-0.05, 0) is 42.5 Å². The van der Waals surface area contributed by atoms with Gasteiger partial charge in [-0.15, -0.1) is 0 Å². The fourth-order valence-corrected chi connectivity index (χ4v) is 2.32. The van der Waals surface area contributed by atoms with E-state index in [1.54, 1.807) is 42.5 Å². The van der Waals surface area contributed by atoms with E-state index in [0.29, 0.717) is 27.2 Å². The van der Waals surface area contributed by atoms with Crippen LogP contribution in [0, 0.1) is 0 Å². The lowest BCUT2D eigenvalue weighted by molar-refractivity contribution is 0.482. The van der Waals surface area contributed by atoms with Crippen LogP contribution in [0.3, 0.4) is 0 Å². The Hall–Kier alpha value is -2.57. The van der Waals surface area contributed by atoms with E-state index >= 15 is 0 Å². The van der Waals surface area contributed by atoms with Crippen LogP contribution in [0.15, 0.2) is 58.3 Å². The first-order chi connectivity index (χ1) is 11.0. The maximum atomic E-state index is 11.7. The van der Waals surface area contributed by atoms with E-state index in [4.69, 9.17) is 27.9 Å². The van der Waals surface area contributed by atoms with Crippen molar-refractivity contribution in [3.05, 3.63) is 79.5 Å². The lowest BCUT2D eigenvalue weighted by Gasteiger charge is -2.09. The number of nitrogens with one attached hydrogen (secondary N) is 1. The normalized spacial score (nSPS) is 10.5. The third-order valence-electron chi connectivity index (χ3n) is 2.92. The van der Waals surface area contributed by atoms with Crippen LogP contribution >= 0.6 is 23.2 Å². The number of aromatic nitrogens is 3. The lowest BCUT2D eigenvalue weighted by atomic mass is 10.3. The zero-order valence-electron chi connectivity index (χ0n) is 11.5. The number of hydrogen-bond donors (Lipinski definition) is 1. The predicted molar refractivity (Wildman–Crippen MR) is 87.0 cm³/mol. The minimum absolute atomic E-state index is 0.389. The van der Waals surface area contributed by atoms with Crippen molar-refractivity contribution in [2.24, 2.45) is 0 Å². The van der Waals surface area contributed by atoms with E-state index in [2.05, 4.69) is 10.1 Å². The Morgan fingerprint density at radius 2 is 1.78 bits per heavy atom. The third kappa shape index (κ3) is 3.44. The summed E-state index contributed by atoms with van der Waals surface area (Å²) in [5.41, 5.74) is -0.684. The van der Waals surface area contributed by atoms with Crippen LogP contribution in [0.1, 0.15) is 0 Å². The van der Waals surface area contributed by atoms with Crippen LogP contribution < -0.4 is 16.0 Å². The molecule has 0 amide bonds. The molecule has 0 radical (unpaired) electrons. The number of hydrogen-bond acceptors (Lipinski definition) is 4. The van der Waals surface area contributed by atoms with Crippen LogP contribution in [-0.4, -0.2) is 14.8 Å². The Balaban J connectivity index is 1.87. The fraction of sp³-hybridized carbons (Fsp3) is 0. The first kappa shape index (κ1) is 15.3. The highest BCUT2D eigenvalue weighted by molar-refractivity contribution is 6.35. The maximum absolute atomic E-state index is 11.7. The molecule has 1 N–H and O–H groups in total. The van der Waals surface area contributed by atoms with Crippen molar-refractivity contribution in [1.29, 1.82) is 0 Å². The van der Waals surface area contributed by atoms with Gasteiger partial charge in [-0.2, -0.15) is 9.78 Å². The second kappa shape index (κ2) is 6.28. The van der Waals surface area contributed by atoms with Gasteiger partial charge in [-0.25, -0.2) is 4.79 Å². The average molecular weight is 350 g/mol. The SMILES string of the molecule is O=c1cnn(-c2ccc(Oc3ccc(Cl)cc3Cl)cc2)c(=O)[nH]1. The van der Waals surface area contributed by atoms with Crippen molar-refractivity contribution >= 4 is 23.2 Å². The molecule has 1 aromatic heterocycles. The largest absolute Gasteiger partial charge is 0.456 e. The Labute approximate surface area is 139 Å². The second-order valence-electron chi connectivity index (χ2n) is 4.52. The summed E-state index contributed by atoms with van der Waals surface area (Å²) in [6.07, 6.45) is 1.03. The molecule has 0 aliphatic carbocycles. The Morgan fingerprint density at radius 3 is 2.43 bits per heavy atom. The summed E-state index contributed by atoms with van der Waals surface area (Å²) < 4.78 is 6.72. The van der Waals surface area contributed by atoms with Crippen molar-refractivity contribution in [3.8, 4) is 17.2 Å². The van der Waals surface area contributed by atoms with E-state index in [-0.39, 0.29) is 0 Å². The summed E-state index contributed by atoms with van der Waals surface area (Å²) in [5.74, 6) is 0.985. The van der Waals surface area contributed by atoms with Crippen LogP contribution in [-0.2, 0) is 0 Å². The predicted octanol–water partition coefficient (Wildman–Crippen LogP) is 3.02. The van der Waals surface area contributed by atoms with Gasteiger partial charge >= 0.3 is 5.69 Å². The Kier molecular flexibility index (Phi) is 4.18. The molecule has 0 aliphatic heterocycles. The van der Waals surface area contributed by atoms with Gasteiger partial charge in [-0.1, -0.05) is 23.2 Å². The molecule has 1 heterocycles. The summed E-state index contributed by atoms with van der Waals surface area (Å²) >= 11 is 11.9. The minimum Gasteiger partial charge on any atom is -0.456 e. The molecule has 0 saturated carbocycles. The van der Waals surface area contributed by atoms with Crippen molar-refractivity contribution in [1.82, 2.24) is 14.8 Å².